The summed E-state index contributed by atoms with van der Waals surface area (Å²) in [6.07, 6.45) is 0. The van der Waals surface area contributed by atoms with Gasteiger partial charge in [0.15, 0.2) is 6.61 Å². The van der Waals surface area contributed by atoms with E-state index in [4.69, 9.17) is 4.74 Å². The van der Waals surface area contributed by atoms with E-state index in [-0.39, 0.29) is 11.4 Å². The van der Waals surface area contributed by atoms with Crippen LogP contribution in [0.5, 0.6) is 0 Å². The largest absolute Gasteiger partial charge is 0.454 e. The highest BCUT2D eigenvalue weighted by molar-refractivity contribution is 8.00. The van der Waals surface area contributed by atoms with Crippen LogP contribution in [-0.4, -0.2) is 23.4 Å². The van der Waals surface area contributed by atoms with Crippen LogP contribution >= 0.6 is 11.8 Å². The van der Waals surface area contributed by atoms with Crippen molar-refractivity contribution >= 4 is 35.0 Å². The molecule has 8 heteroatoms. The van der Waals surface area contributed by atoms with E-state index >= 15 is 0 Å². The Morgan fingerprint density at radius 3 is 2.22 bits per heavy atom. The summed E-state index contributed by atoms with van der Waals surface area (Å²) in [7, 11) is 0. The van der Waals surface area contributed by atoms with Gasteiger partial charge in [-0.25, -0.2) is 0 Å². The van der Waals surface area contributed by atoms with E-state index in [9.17, 15) is 19.7 Å². The van der Waals surface area contributed by atoms with Gasteiger partial charge in [0.05, 0.1) is 4.92 Å². The summed E-state index contributed by atoms with van der Waals surface area (Å²) < 4.78 is 5.28. The van der Waals surface area contributed by atoms with Crippen molar-refractivity contribution in [1.82, 2.24) is 0 Å². The Morgan fingerprint density at radius 2 is 1.59 bits per heavy atom. The first-order valence-corrected chi connectivity index (χ1v) is 10.7. The van der Waals surface area contributed by atoms with E-state index in [0.717, 1.165) is 21.6 Å². The molecular formula is C24H22N2O5S. The number of nitrogens with zero attached hydrogens (tertiary/aromatic N) is 1. The molecule has 0 bridgehead atoms. The van der Waals surface area contributed by atoms with Gasteiger partial charge in [0.2, 0.25) is 0 Å². The Balaban J connectivity index is 1.70. The summed E-state index contributed by atoms with van der Waals surface area (Å²) in [6, 6.07) is 21.5. The van der Waals surface area contributed by atoms with Gasteiger partial charge in [-0.2, -0.15) is 0 Å². The highest BCUT2D eigenvalue weighted by atomic mass is 32.2. The number of nitrogens with one attached hydrogen (secondary N) is 1. The predicted molar refractivity (Wildman–Crippen MR) is 124 cm³/mol. The molecule has 3 aromatic rings. The van der Waals surface area contributed by atoms with Crippen LogP contribution in [0, 0.1) is 24.0 Å². The van der Waals surface area contributed by atoms with E-state index in [1.807, 2.05) is 60.7 Å². The van der Waals surface area contributed by atoms with Crippen LogP contribution in [0.4, 0.5) is 11.4 Å². The maximum absolute atomic E-state index is 12.8. The molecule has 1 atom stereocenters. The zero-order chi connectivity index (χ0) is 23.1. The second kappa shape index (κ2) is 10.6. The van der Waals surface area contributed by atoms with Gasteiger partial charge in [0.25, 0.3) is 11.6 Å². The fourth-order valence-corrected chi connectivity index (χ4v) is 4.01. The minimum Gasteiger partial charge on any atom is -0.454 e. The van der Waals surface area contributed by atoms with Gasteiger partial charge in [-0.3, -0.25) is 19.7 Å². The Bertz CT molecular complexity index is 1120. The van der Waals surface area contributed by atoms with E-state index in [0.29, 0.717) is 0 Å². The number of ether oxygens (including phenoxy) is 1. The number of amides is 1. The first kappa shape index (κ1) is 23.0. The molecule has 0 radical (unpaired) electrons. The Kier molecular flexibility index (Phi) is 7.62. The molecule has 0 fully saturated rings. The van der Waals surface area contributed by atoms with Crippen molar-refractivity contribution < 1.29 is 19.2 Å². The lowest BCUT2D eigenvalue weighted by Crippen LogP contribution is -2.23. The van der Waals surface area contributed by atoms with Gasteiger partial charge in [-0.15, -0.1) is 11.8 Å². The smallest absolute Gasteiger partial charge is 0.324 e. The second-order valence-electron chi connectivity index (χ2n) is 7.09. The number of nitro benzene ring substituents is 1. The van der Waals surface area contributed by atoms with Gasteiger partial charge < -0.3 is 10.1 Å². The number of aryl methyl sites for hydroxylation is 2. The third kappa shape index (κ3) is 5.95. The Labute approximate surface area is 189 Å². The Hall–Kier alpha value is -3.65. The quantitative estimate of drug-likeness (QED) is 0.218. The number of hydrogen-bond acceptors (Lipinski definition) is 6. The van der Waals surface area contributed by atoms with E-state index in [2.05, 4.69) is 5.32 Å². The lowest BCUT2D eigenvalue weighted by Gasteiger charge is -2.16. The highest BCUT2D eigenvalue weighted by Gasteiger charge is 2.25. The molecule has 7 nitrogen and oxygen atoms in total. The van der Waals surface area contributed by atoms with Crippen LogP contribution in [0.2, 0.25) is 0 Å². The molecule has 0 spiro atoms. The fraction of sp³-hybridized carbons (Fsp3) is 0.167. The normalized spacial score (nSPS) is 11.4. The number of nitro groups is 1. The maximum atomic E-state index is 12.8. The molecule has 0 aliphatic rings. The highest BCUT2D eigenvalue weighted by Crippen LogP contribution is 2.36. The van der Waals surface area contributed by atoms with Crippen LogP contribution in [0.15, 0.2) is 77.7 Å². The number of esters is 1. The Morgan fingerprint density at radius 1 is 1.00 bits per heavy atom. The zero-order valence-corrected chi connectivity index (χ0v) is 18.4. The molecule has 0 saturated heterocycles. The van der Waals surface area contributed by atoms with Gasteiger partial charge in [-0.05, 0) is 48.7 Å². The average molecular weight is 451 g/mol. The van der Waals surface area contributed by atoms with Crippen LogP contribution in [0.3, 0.4) is 0 Å². The number of carbonyl (C=O) groups excluding carboxylic acids is 2. The molecule has 1 N–H and O–H groups in total. The van der Waals surface area contributed by atoms with Gasteiger partial charge in [0.1, 0.15) is 10.9 Å². The summed E-state index contributed by atoms with van der Waals surface area (Å²) in [6.45, 7) is 2.99. The van der Waals surface area contributed by atoms with Crippen LogP contribution in [0.25, 0.3) is 0 Å². The van der Waals surface area contributed by atoms with Crippen molar-refractivity contribution in [2.45, 2.75) is 24.0 Å². The topological polar surface area (TPSA) is 98.5 Å². The van der Waals surface area contributed by atoms with Crippen molar-refractivity contribution in [3.63, 3.8) is 0 Å². The molecule has 1 unspecified atom stereocenters. The van der Waals surface area contributed by atoms with Crippen LogP contribution in [0.1, 0.15) is 21.9 Å². The van der Waals surface area contributed by atoms with Crippen molar-refractivity contribution in [3.8, 4) is 0 Å². The van der Waals surface area contributed by atoms with E-state index < -0.39 is 28.7 Å². The van der Waals surface area contributed by atoms with E-state index in [1.54, 1.807) is 13.8 Å². The van der Waals surface area contributed by atoms with Crippen molar-refractivity contribution in [2.75, 3.05) is 11.9 Å². The van der Waals surface area contributed by atoms with Crippen molar-refractivity contribution in [3.05, 3.63) is 99.6 Å². The van der Waals surface area contributed by atoms with Gasteiger partial charge >= 0.3 is 5.97 Å². The minimum atomic E-state index is -0.664. The lowest BCUT2D eigenvalue weighted by atomic mass is 10.1. The fourth-order valence-electron chi connectivity index (χ4n) is 2.97. The first-order chi connectivity index (χ1) is 15.3. The third-order valence-corrected chi connectivity index (χ3v) is 5.99. The molecule has 0 aliphatic heterocycles. The number of anilines is 1. The predicted octanol–water partition coefficient (Wildman–Crippen LogP) is 5.23. The molecule has 32 heavy (non-hydrogen) atoms. The molecular weight excluding hydrogens is 428 g/mol. The SMILES string of the molecule is Cc1cc(NC(=O)COC(=O)C(Sc2ccccc2)c2ccccc2)c([N+](=O)[O-])cc1C. The number of thioether (sulfide) groups is 1. The molecule has 0 aromatic heterocycles. The van der Waals surface area contributed by atoms with Gasteiger partial charge in [-0.1, -0.05) is 48.5 Å². The van der Waals surface area contributed by atoms with Crippen molar-refractivity contribution in [2.24, 2.45) is 0 Å². The molecule has 3 rings (SSSR count). The molecule has 1 amide bonds. The first-order valence-electron chi connectivity index (χ1n) is 9.84. The standard InChI is InChI=1S/C24H22N2O5S/c1-16-13-20(21(26(29)30)14-17(16)2)25-22(27)15-31-24(28)23(18-9-5-3-6-10-18)32-19-11-7-4-8-12-19/h3-14,23H,15H2,1-2H3,(H,25,27). The molecule has 0 heterocycles. The molecule has 0 aliphatic carbocycles. The molecule has 3 aromatic carbocycles. The summed E-state index contributed by atoms with van der Waals surface area (Å²) >= 11 is 1.32. The third-order valence-electron chi connectivity index (χ3n) is 4.74. The number of hydrogen-bond donors (Lipinski definition) is 1. The summed E-state index contributed by atoms with van der Waals surface area (Å²) in [5.74, 6) is -1.23. The molecule has 0 saturated carbocycles. The molecule has 164 valence electrons. The minimum absolute atomic E-state index is 0.0671. The summed E-state index contributed by atoms with van der Waals surface area (Å²) in [5, 5.41) is 13.1. The number of carbonyl (C=O) groups is 2. The second-order valence-corrected chi connectivity index (χ2v) is 8.27. The average Bonchev–Trinajstić information content (AvgIpc) is 2.79. The van der Waals surface area contributed by atoms with E-state index in [1.165, 1.54) is 23.9 Å². The van der Waals surface area contributed by atoms with Gasteiger partial charge in [0, 0.05) is 11.0 Å². The van der Waals surface area contributed by atoms with Crippen LogP contribution in [-0.2, 0) is 14.3 Å². The summed E-state index contributed by atoms with van der Waals surface area (Å²) in [5.41, 5.74) is 2.14. The number of benzene rings is 3. The summed E-state index contributed by atoms with van der Waals surface area (Å²) in [4.78, 5) is 36.9. The lowest BCUT2D eigenvalue weighted by molar-refractivity contribution is -0.384. The monoisotopic (exact) mass is 450 g/mol. The van der Waals surface area contributed by atoms with Crippen LogP contribution < -0.4 is 5.32 Å². The maximum Gasteiger partial charge on any atom is 0.324 e. The van der Waals surface area contributed by atoms with Crippen molar-refractivity contribution in [1.29, 1.82) is 0 Å². The zero-order valence-electron chi connectivity index (χ0n) is 17.6. The number of rotatable bonds is 8.